The predicted octanol–water partition coefficient (Wildman–Crippen LogP) is 3.80. The summed E-state index contributed by atoms with van der Waals surface area (Å²) < 4.78 is 43.1. The molecule has 0 unspecified atom stereocenters. The van der Waals surface area contributed by atoms with Gasteiger partial charge in [-0.15, -0.1) is 0 Å². The highest BCUT2D eigenvalue weighted by Crippen LogP contribution is 2.36. The molecule has 0 atom stereocenters. The van der Waals surface area contributed by atoms with E-state index >= 15 is 0 Å². The van der Waals surface area contributed by atoms with Crippen LogP contribution in [0.15, 0.2) is 70.0 Å². The van der Waals surface area contributed by atoms with Gasteiger partial charge in [-0.3, -0.25) is 9.35 Å². The number of aldehydes is 1. The van der Waals surface area contributed by atoms with E-state index in [-0.39, 0.29) is 16.4 Å². The summed E-state index contributed by atoms with van der Waals surface area (Å²) in [5.41, 5.74) is 0.294. The average molecular weight is 344 g/mol. The van der Waals surface area contributed by atoms with Crippen molar-refractivity contribution in [2.75, 3.05) is 0 Å². The second-order valence-corrected chi connectivity index (χ2v) is 6.29. The molecule has 0 amide bonds. The Hall–Kier alpha value is -2.90. The standard InChI is InChI=1S/C17H12O6S/c18-11-13-6-8-16(23-13)15-10-14(24(19,20)21)7-9-17(15)22-12-4-2-1-3-5-12/h1-11H,(H,19,20,21). The summed E-state index contributed by atoms with van der Waals surface area (Å²) in [7, 11) is -4.39. The van der Waals surface area contributed by atoms with Crippen molar-refractivity contribution in [2.45, 2.75) is 4.90 Å². The second-order valence-electron chi connectivity index (χ2n) is 4.87. The zero-order valence-electron chi connectivity index (χ0n) is 12.2. The summed E-state index contributed by atoms with van der Waals surface area (Å²) in [6.07, 6.45) is 0.536. The lowest BCUT2D eigenvalue weighted by Crippen LogP contribution is -1.99. The van der Waals surface area contributed by atoms with E-state index in [2.05, 4.69) is 0 Å². The van der Waals surface area contributed by atoms with E-state index in [4.69, 9.17) is 9.15 Å². The van der Waals surface area contributed by atoms with Gasteiger partial charge in [0.2, 0.25) is 0 Å². The largest absolute Gasteiger partial charge is 0.457 e. The molecule has 0 spiro atoms. The summed E-state index contributed by atoms with van der Waals surface area (Å²) in [6.45, 7) is 0. The van der Waals surface area contributed by atoms with E-state index in [9.17, 15) is 17.8 Å². The van der Waals surface area contributed by atoms with Crippen LogP contribution in [0.4, 0.5) is 0 Å². The lowest BCUT2D eigenvalue weighted by Gasteiger charge is -2.11. The van der Waals surface area contributed by atoms with Crippen LogP contribution in [-0.4, -0.2) is 19.3 Å². The molecule has 0 saturated heterocycles. The topological polar surface area (TPSA) is 93.8 Å². The zero-order valence-corrected chi connectivity index (χ0v) is 13.1. The van der Waals surface area contributed by atoms with Crippen LogP contribution < -0.4 is 4.74 Å². The molecule has 24 heavy (non-hydrogen) atoms. The molecule has 0 radical (unpaired) electrons. The van der Waals surface area contributed by atoms with E-state index in [1.807, 2.05) is 6.07 Å². The Bertz CT molecular complexity index is 973. The van der Waals surface area contributed by atoms with Gasteiger partial charge in [-0.1, -0.05) is 18.2 Å². The molecule has 1 heterocycles. The Balaban J connectivity index is 2.12. The maximum Gasteiger partial charge on any atom is 0.294 e. The third-order valence-corrected chi connectivity index (χ3v) is 4.08. The van der Waals surface area contributed by atoms with Crippen molar-refractivity contribution in [3.05, 3.63) is 66.4 Å². The predicted molar refractivity (Wildman–Crippen MR) is 85.9 cm³/mol. The molecule has 0 bridgehead atoms. The first kappa shape index (κ1) is 16.0. The van der Waals surface area contributed by atoms with Crippen LogP contribution in [0.2, 0.25) is 0 Å². The molecule has 0 aliphatic heterocycles. The van der Waals surface area contributed by atoms with Gasteiger partial charge in [-0.25, -0.2) is 0 Å². The van der Waals surface area contributed by atoms with Crippen LogP contribution in [0.25, 0.3) is 11.3 Å². The number of carbonyl (C=O) groups is 1. The fourth-order valence-electron chi connectivity index (χ4n) is 2.13. The number of furan rings is 1. The van der Waals surface area contributed by atoms with E-state index in [0.29, 0.717) is 23.3 Å². The number of rotatable bonds is 5. The monoisotopic (exact) mass is 344 g/mol. The quantitative estimate of drug-likeness (QED) is 0.559. The fraction of sp³-hybridized carbons (Fsp3) is 0. The summed E-state index contributed by atoms with van der Waals surface area (Å²) in [4.78, 5) is 10.5. The molecular formula is C17H12O6S. The third kappa shape index (κ3) is 3.37. The van der Waals surface area contributed by atoms with Crippen molar-refractivity contribution < 1.29 is 26.9 Å². The minimum Gasteiger partial charge on any atom is -0.457 e. The number of benzene rings is 2. The lowest BCUT2D eigenvalue weighted by atomic mass is 10.1. The maximum absolute atomic E-state index is 11.4. The molecule has 2 aromatic carbocycles. The SMILES string of the molecule is O=Cc1ccc(-c2cc(S(=O)(=O)O)ccc2Oc2ccccc2)o1. The van der Waals surface area contributed by atoms with Crippen molar-refractivity contribution in [3.8, 4) is 22.8 Å². The molecule has 0 fully saturated rings. The molecule has 3 rings (SSSR count). The summed E-state index contributed by atoms with van der Waals surface area (Å²) in [6, 6.07) is 15.7. The lowest BCUT2D eigenvalue weighted by molar-refractivity contribution is 0.110. The van der Waals surface area contributed by atoms with Gasteiger partial charge in [0.1, 0.15) is 17.3 Å². The Kier molecular flexibility index (Phi) is 4.20. The van der Waals surface area contributed by atoms with Crippen LogP contribution in [-0.2, 0) is 10.1 Å². The molecule has 1 N–H and O–H groups in total. The third-order valence-electron chi connectivity index (χ3n) is 3.23. The summed E-state index contributed by atoms with van der Waals surface area (Å²) >= 11 is 0. The Labute approximate surface area is 138 Å². The van der Waals surface area contributed by atoms with Crippen LogP contribution in [0.1, 0.15) is 10.6 Å². The molecular weight excluding hydrogens is 332 g/mol. The Morgan fingerprint density at radius 3 is 2.38 bits per heavy atom. The average Bonchev–Trinajstić information content (AvgIpc) is 3.04. The van der Waals surface area contributed by atoms with Crippen LogP contribution in [0, 0.1) is 0 Å². The van der Waals surface area contributed by atoms with Gasteiger partial charge in [0, 0.05) is 0 Å². The van der Waals surface area contributed by atoms with Crippen LogP contribution in [0.3, 0.4) is 0 Å². The maximum atomic E-state index is 11.4. The molecule has 0 aliphatic rings. The normalized spacial score (nSPS) is 11.2. The summed E-state index contributed by atoms with van der Waals surface area (Å²) in [5, 5.41) is 0. The van der Waals surface area contributed by atoms with Crippen molar-refractivity contribution in [1.29, 1.82) is 0 Å². The van der Waals surface area contributed by atoms with Gasteiger partial charge >= 0.3 is 0 Å². The van der Waals surface area contributed by atoms with Gasteiger partial charge < -0.3 is 9.15 Å². The molecule has 0 aliphatic carbocycles. The highest BCUT2D eigenvalue weighted by atomic mass is 32.2. The van der Waals surface area contributed by atoms with Crippen molar-refractivity contribution in [2.24, 2.45) is 0 Å². The van der Waals surface area contributed by atoms with Gasteiger partial charge in [0.15, 0.2) is 12.0 Å². The van der Waals surface area contributed by atoms with Crippen LogP contribution >= 0.6 is 0 Å². The number of carbonyl (C=O) groups excluding carboxylic acids is 1. The zero-order chi connectivity index (χ0) is 17.2. The molecule has 6 nitrogen and oxygen atoms in total. The highest BCUT2D eigenvalue weighted by molar-refractivity contribution is 7.85. The first-order valence-electron chi connectivity index (χ1n) is 6.87. The van der Waals surface area contributed by atoms with Gasteiger partial charge in [-0.2, -0.15) is 8.42 Å². The Morgan fingerprint density at radius 2 is 1.75 bits per heavy atom. The van der Waals surface area contributed by atoms with Crippen molar-refractivity contribution in [1.82, 2.24) is 0 Å². The minimum atomic E-state index is -4.39. The van der Waals surface area contributed by atoms with E-state index in [0.717, 1.165) is 0 Å². The number of hydrogen-bond acceptors (Lipinski definition) is 5. The van der Waals surface area contributed by atoms with Gasteiger partial charge in [-0.05, 0) is 42.5 Å². The fourth-order valence-corrected chi connectivity index (χ4v) is 2.63. The van der Waals surface area contributed by atoms with E-state index in [1.165, 1.54) is 30.3 Å². The second kappa shape index (κ2) is 6.31. The molecule has 0 saturated carbocycles. The van der Waals surface area contributed by atoms with Gasteiger partial charge in [0.25, 0.3) is 10.1 Å². The first-order valence-corrected chi connectivity index (χ1v) is 8.31. The molecule has 122 valence electrons. The van der Waals surface area contributed by atoms with Crippen molar-refractivity contribution >= 4 is 16.4 Å². The highest BCUT2D eigenvalue weighted by Gasteiger charge is 2.17. The summed E-state index contributed by atoms with van der Waals surface area (Å²) in [5.74, 6) is 1.20. The Morgan fingerprint density at radius 1 is 1.00 bits per heavy atom. The smallest absolute Gasteiger partial charge is 0.294 e. The molecule has 3 aromatic rings. The molecule has 1 aromatic heterocycles. The van der Waals surface area contributed by atoms with Crippen LogP contribution in [0.5, 0.6) is 11.5 Å². The number of para-hydroxylation sites is 1. The molecule has 7 heteroatoms. The minimum absolute atomic E-state index is 0.0907. The van der Waals surface area contributed by atoms with E-state index < -0.39 is 10.1 Å². The van der Waals surface area contributed by atoms with E-state index in [1.54, 1.807) is 24.3 Å². The van der Waals surface area contributed by atoms with Crippen molar-refractivity contribution in [3.63, 3.8) is 0 Å². The first-order chi connectivity index (χ1) is 11.5. The number of hydrogen-bond donors (Lipinski definition) is 1. The number of ether oxygens (including phenoxy) is 1. The van der Waals surface area contributed by atoms with Gasteiger partial charge in [0.05, 0.1) is 10.5 Å².